The lowest BCUT2D eigenvalue weighted by Gasteiger charge is -2.67. The van der Waals surface area contributed by atoms with Crippen molar-refractivity contribution in [1.82, 2.24) is 0 Å². The highest BCUT2D eigenvalue weighted by atomic mass is 16.8. The van der Waals surface area contributed by atoms with Crippen molar-refractivity contribution >= 4 is 0 Å². The smallest absolute Gasteiger partial charge is 0.257 e. The first-order valence-corrected chi connectivity index (χ1v) is 8.31. The summed E-state index contributed by atoms with van der Waals surface area (Å²) in [7, 11) is 0. The SMILES string of the molecule is CCOC1(OCC)[C@@H](C(C)C)C(C#N)(C#N)C1(OCC)OCC. The van der Waals surface area contributed by atoms with Crippen LogP contribution in [0.2, 0.25) is 0 Å². The Kier molecular flexibility index (Phi) is 6.56. The van der Waals surface area contributed by atoms with E-state index in [0.717, 1.165) is 0 Å². The predicted molar refractivity (Wildman–Crippen MR) is 84.0 cm³/mol. The molecule has 1 aliphatic rings. The first-order valence-electron chi connectivity index (χ1n) is 8.31. The highest BCUT2D eigenvalue weighted by Gasteiger charge is 2.87. The minimum atomic E-state index is -1.56. The summed E-state index contributed by atoms with van der Waals surface area (Å²) in [5.41, 5.74) is -1.49. The molecule has 0 N–H and O–H groups in total. The van der Waals surface area contributed by atoms with Gasteiger partial charge in [0.2, 0.25) is 11.2 Å². The van der Waals surface area contributed by atoms with Crippen molar-refractivity contribution in [2.75, 3.05) is 26.4 Å². The third-order valence-corrected chi connectivity index (χ3v) is 4.29. The van der Waals surface area contributed by atoms with Gasteiger partial charge in [0.05, 0.1) is 18.1 Å². The number of rotatable bonds is 9. The van der Waals surface area contributed by atoms with E-state index < -0.39 is 22.9 Å². The Labute approximate surface area is 139 Å². The Hall–Kier alpha value is -1.18. The number of hydrogen-bond acceptors (Lipinski definition) is 6. The number of ether oxygens (including phenoxy) is 4. The lowest BCUT2D eigenvalue weighted by atomic mass is 9.48. The van der Waals surface area contributed by atoms with Crippen molar-refractivity contribution in [3.63, 3.8) is 0 Å². The Bertz CT molecular complexity index is 452. The molecular weight excluding hydrogens is 296 g/mol. The van der Waals surface area contributed by atoms with Crippen molar-refractivity contribution < 1.29 is 18.9 Å². The van der Waals surface area contributed by atoms with E-state index in [-0.39, 0.29) is 19.1 Å². The molecule has 0 aromatic carbocycles. The standard InChI is InChI=1S/C17H28N2O4/c1-7-20-16(21-8-2)14(13(5)6)15(11-18,12-19)17(16,22-9-3)23-10-4/h13-14H,7-10H2,1-6H3/t14-/m0/s1. The summed E-state index contributed by atoms with van der Waals surface area (Å²) >= 11 is 0. The molecule has 0 radical (unpaired) electrons. The summed E-state index contributed by atoms with van der Waals surface area (Å²) in [5, 5.41) is 19.7. The van der Waals surface area contributed by atoms with Crippen LogP contribution in [0, 0.1) is 39.9 Å². The molecule has 0 saturated heterocycles. The molecule has 0 aliphatic heterocycles. The van der Waals surface area contributed by atoms with E-state index in [1.165, 1.54) is 0 Å². The molecule has 6 heteroatoms. The summed E-state index contributed by atoms with van der Waals surface area (Å²) in [4.78, 5) is 0. The fourth-order valence-corrected chi connectivity index (χ4v) is 3.86. The Morgan fingerprint density at radius 3 is 1.48 bits per heavy atom. The molecule has 0 aromatic heterocycles. The van der Waals surface area contributed by atoms with Crippen LogP contribution in [0.3, 0.4) is 0 Å². The zero-order valence-corrected chi connectivity index (χ0v) is 15.0. The van der Waals surface area contributed by atoms with E-state index in [9.17, 15) is 10.5 Å². The van der Waals surface area contributed by atoms with Gasteiger partial charge in [0, 0.05) is 26.4 Å². The summed E-state index contributed by atoms with van der Waals surface area (Å²) in [5.74, 6) is -3.35. The van der Waals surface area contributed by atoms with Crippen LogP contribution in [0.1, 0.15) is 41.5 Å². The van der Waals surface area contributed by atoms with Crippen LogP contribution < -0.4 is 0 Å². The third kappa shape index (κ3) is 2.45. The van der Waals surface area contributed by atoms with Crippen LogP contribution >= 0.6 is 0 Å². The molecule has 0 amide bonds. The van der Waals surface area contributed by atoms with E-state index in [1.807, 2.05) is 27.7 Å². The first kappa shape index (κ1) is 19.9. The van der Waals surface area contributed by atoms with Crippen LogP contribution in [0.5, 0.6) is 0 Å². The maximum Gasteiger partial charge on any atom is 0.257 e. The van der Waals surface area contributed by atoms with Crippen LogP contribution in [-0.4, -0.2) is 38.0 Å². The highest BCUT2D eigenvalue weighted by Crippen LogP contribution is 2.67. The largest absolute Gasteiger partial charge is 0.345 e. The summed E-state index contributed by atoms with van der Waals surface area (Å²) in [6, 6.07) is 4.31. The maximum atomic E-state index is 9.87. The van der Waals surface area contributed by atoms with Gasteiger partial charge in [-0.25, -0.2) is 0 Å². The molecule has 1 aliphatic carbocycles. The van der Waals surface area contributed by atoms with Gasteiger partial charge in [0.15, 0.2) is 0 Å². The lowest BCUT2D eigenvalue weighted by Crippen LogP contribution is -2.85. The average Bonchev–Trinajstić information content (AvgIpc) is 2.51. The second kappa shape index (κ2) is 7.59. The van der Waals surface area contributed by atoms with E-state index in [1.54, 1.807) is 13.8 Å². The van der Waals surface area contributed by atoms with Gasteiger partial charge in [0.1, 0.15) is 0 Å². The fourth-order valence-electron chi connectivity index (χ4n) is 3.86. The molecule has 6 nitrogen and oxygen atoms in total. The van der Waals surface area contributed by atoms with Crippen molar-refractivity contribution in [3.8, 4) is 12.1 Å². The highest BCUT2D eigenvalue weighted by molar-refractivity contribution is 5.37. The van der Waals surface area contributed by atoms with E-state index in [0.29, 0.717) is 13.2 Å². The molecule has 0 bridgehead atoms. The Balaban J connectivity index is 3.65. The molecule has 130 valence electrons. The normalized spacial score (nSPS) is 23.8. The van der Waals surface area contributed by atoms with Crippen LogP contribution in [0.4, 0.5) is 0 Å². The van der Waals surface area contributed by atoms with E-state index in [4.69, 9.17) is 18.9 Å². The van der Waals surface area contributed by atoms with Crippen molar-refractivity contribution in [2.24, 2.45) is 17.3 Å². The summed E-state index contributed by atoms with van der Waals surface area (Å²) < 4.78 is 23.7. The Morgan fingerprint density at radius 2 is 1.22 bits per heavy atom. The topological polar surface area (TPSA) is 84.5 Å². The maximum absolute atomic E-state index is 9.87. The quantitative estimate of drug-likeness (QED) is 0.606. The van der Waals surface area contributed by atoms with Crippen LogP contribution in [-0.2, 0) is 18.9 Å². The molecule has 0 spiro atoms. The second-order valence-corrected chi connectivity index (χ2v) is 5.77. The van der Waals surface area contributed by atoms with Crippen LogP contribution in [0.25, 0.3) is 0 Å². The number of nitrogens with zero attached hydrogens (tertiary/aromatic N) is 2. The predicted octanol–water partition coefficient (Wildman–Crippen LogP) is 2.84. The minimum Gasteiger partial charge on any atom is -0.345 e. The summed E-state index contributed by atoms with van der Waals surface area (Å²) in [6.45, 7) is 12.5. The van der Waals surface area contributed by atoms with Crippen molar-refractivity contribution in [3.05, 3.63) is 0 Å². The van der Waals surface area contributed by atoms with Crippen LogP contribution in [0.15, 0.2) is 0 Å². The fraction of sp³-hybridized carbons (Fsp3) is 0.882. The van der Waals surface area contributed by atoms with E-state index >= 15 is 0 Å². The molecule has 1 atom stereocenters. The summed E-state index contributed by atoms with van der Waals surface area (Å²) in [6.07, 6.45) is 0. The third-order valence-electron chi connectivity index (χ3n) is 4.29. The molecular formula is C17H28N2O4. The lowest BCUT2D eigenvalue weighted by molar-refractivity contribution is -0.517. The first-order chi connectivity index (χ1) is 10.9. The zero-order chi connectivity index (χ0) is 17.7. The molecule has 1 rings (SSSR count). The minimum absolute atomic E-state index is 0.0264. The molecule has 23 heavy (non-hydrogen) atoms. The molecule has 1 fully saturated rings. The second-order valence-electron chi connectivity index (χ2n) is 5.77. The van der Waals surface area contributed by atoms with Crippen molar-refractivity contribution in [1.29, 1.82) is 10.5 Å². The molecule has 0 heterocycles. The molecule has 1 saturated carbocycles. The number of hydrogen-bond donors (Lipinski definition) is 0. The molecule has 0 unspecified atom stereocenters. The Morgan fingerprint density at radius 1 is 0.826 bits per heavy atom. The van der Waals surface area contributed by atoms with Gasteiger partial charge in [-0.1, -0.05) is 13.8 Å². The van der Waals surface area contributed by atoms with Crippen molar-refractivity contribution in [2.45, 2.75) is 53.1 Å². The average molecular weight is 324 g/mol. The molecule has 0 aromatic rings. The van der Waals surface area contributed by atoms with E-state index in [2.05, 4.69) is 12.1 Å². The number of nitriles is 2. The monoisotopic (exact) mass is 324 g/mol. The zero-order valence-electron chi connectivity index (χ0n) is 15.0. The van der Waals surface area contributed by atoms with Gasteiger partial charge in [0.25, 0.3) is 5.79 Å². The van der Waals surface area contributed by atoms with Gasteiger partial charge in [-0.3, -0.25) is 0 Å². The van der Waals surface area contributed by atoms with Gasteiger partial charge >= 0.3 is 0 Å². The van der Waals surface area contributed by atoms with Gasteiger partial charge in [-0.2, -0.15) is 10.5 Å². The van der Waals surface area contributed by atoms with Gasteiger partial charge < -0.3 is 18.9 Å². The van der Waals surface area contributed by atoms with Gasteiger partial charge in [-0.15, -0.1) is 0 Å². The van der Waals surface area contributed by atoms with Gasteiger partial charge in [-0.05, 0) is 33.6 Å².